The molecule has 1 heterocycles. The molecule has 36 heavy (non-hydrogen) atoms. The normalized spacial score (nSPS) is 14.4. The number of rotatable bonds is 7. The minimum absolute atomic E-state index is 0.122. The van der Waals surface area contributed by atoms with Gasteiger partial charge in [0.1, 0.15) is 5.82 Å². The number of aromatic nitrogens is 1. The van der Waals surface area contributed by atoms with Gasteiger partial charge in [-0.3, -0.25) is 4.79 Å². The molecular formula is C28H26FN3O4. The number of hydrogen-bond acceptors (Lipinski definition) is 5. The number of nitrogens with one attached hydrogen (secondary N) is 1. The topological polar surface area (TPSA) is 96.5 Å². The molecule has 0 radical (unpaired) electrons. The highest BCUT2D eigenvalue weighted by atomic mass is 19.1. The largest absolute Gasteiger partial charge is 0.502 e. The number of carbonyl (C=O) groups excluding carboxylic acids is 1. The maximum atomic E-state index is 14.3. The van der Waals surface area contributed by atoms with E-state index < -0.39 is 17.6 Å². The smallest absolute Gasteiger partial charge is 0.242 e. The van der Waals surface area contributed by atoms with E-state index in [1.54, 1.807) is 18.2 Å². The number of ether oxygens (including phenoxy) is 2. The van der Waals surface area contributed by atoms with E-state index in [0.29, 0.717) is 27.8 Å². The zero-order valence-electron chi connectivity index (χ0n) is 20.4. The summed E-state index contributed by atoms with van der Waals surface area (Å²) >= 11 is 0. The van der Waals surface area contributed by atoms with Crippen molar-refractivity contribution in [2.24, 2.45) is 13.0 Å². The fraction of sp³-hybridized carbons (Fsp3) is 0.214. The molecule has 0 aliphatic heterocycles. The molecule has 1 aliphatic carbocycles. The summed E-state index contributed by atoms with van der Waals surface area (Å²) in [6.45, 7) is 2.07. The summed E-state index contributed by atoms with van der Waals surface area (Å²) in [4.78, 5) is 13.1. The van der Waals surface area contributed by atoms with E-state index >= 15 is 0 Å². The molecule has 184 valence electrons. The number of hydrogen-bond donors (Lipinski definition) is 2. The van der Waals surface area contributed by atoms with Crippen LogP contribution in [0.1, 0.15) is 29.3 Å². The first-order valence-electron chi connectivity index (χ1n) is 11.2. The Balaban J connectivity index is 1.78. The first-order chi connectivity index (χ1) is 17.3. The third kappa shape index (κ3) is 4.43. The monoisotopic (exact) mass is 487 g/mol. The van der Waals surface area contributed by atoms with Gasteiger partial charge in [0.15, 0.2) is 17.4 Å². The fourth-order valence-corrected chi connectivity index (χ4v) is 4.46. The van der Waals surface area contributed by atoms with Crippen LogP contribution in [0.25, 0.3) is 17.2 Å². The second-order valence-corrected chi connectivity index (χ2v) is 8.45. The Morgan fingerprint density at radius 1 is 1.19 bits per heavy atom. The van der Waals surface area contributed by atoms with Gasteiger partial charge < -0.3 is 24.5 Å². The van der Waals surface area contributed by atoms with Crippen molar-refractivity contribution < 1.29 is 23.8 Å². The number of phenolic OH excluding ortho intramolecular Hbond substituents is 1. The molecule has 1 aromatic heterocycles. The number of nitrogens with zero attached hydrogens (tertiary/aromatic N) is 2. The molecule has 0 saturated carbocycles. The molecule has 0 spiro atoms. The highest BCUT2D eigenvalue weighted by Crippen LogP contribution is 2.46. The molecule has 2 aromatic carbocycles. The zero-order valence-corrected chi connectivity index (χ0v) is 20.4. The van der Waals surface area contributed by atoms with E-state index in [1.165, 1.54) is 26.4 Å². The van der Waals surface area contributed by atoms with Crippen LogP contribution in [0.15, 0.2) is 54.2 Å². The molecule has 1 aliphatic rings. The van der Waals surface area contributed by atoms with Crippen molar-refractivity contribution in [1.82, 2.24) is 9.88 Å². The van der Waals surface area contributed by atoms with E-state index in [2.05, 4.69) is 11.4 Å². The molecular weight excluding hydrogens is 461 g/mol. The average Bonchev–Trinajstić information content (AvgIpc) is 3.39. The van der Waals surface area contributed by atoms with Gasteiger partial charge in [-0.05, 0) is 82.8 Å². The highest BCUT2D eigenvalue weighted by Gasteiger charge is 2.33. The summed E-state index contributed by atoms with van der Waals surface area (Å²) < 4.78 is 26.7. The summed E-state index contributed by atoms with van der Waals surface area (Å²) in [6.07, 6.45) is 3.70. The van der Waals surface area contributed by atoms with Crippen molar-refractivity contribution in [2.45, 2.75) is 13.5 Å². The number of carbonyl (C=O) groups is 1. The van der Waals surface area contributed by atoms with Crippen LogP contribution in [0.5, 0.6) is 17.2 Å². The van der Waals surface area contributed by atoms with Crippen LogP contribution >= 0.6 is 0 Å². The number of methoxy groups -OCH3 is 2. The van der Waals surface area contributed by atoms with Crippen molar-refractivity contribution in [3.8, 4) is 23.3 Å². The molecule has 4 rings (SSSR count). The number of allylic oxidation sites excluding steroid dienone is 2. The van der Waals surface area contributed by atoms with E-state index in [-0.39, 0.29) is 23.8 Å². The minimum Gasteiger partial charge on any atom is -0.502 e. The van der Waals surface area contributed by atoms with Gasteiger partial charge in [0.25, 0.3) is 0 Å². The van der Waals surface area contributed by atoms with E-state index in [0.717, 1.165) is 11.3 Å². The molecule has 2 N–H and O–H groups in total. The quantitative estimate of drug-likeness (QED) is 0.505. The Hall–Kier alpha value is -4.51. The second kappa shape index (κ2) is 10.0. The van der Waals surface area contributed by atoms with Gasteiger partial charge in [-0.15, -0.1) is 0 Å². The lowest BCUT2D eigenvalue weighted by Gasteiger charge is -2.14. The SMILES string of the molecule is COc1cc(C=C2C(C)=C(C(C#N)C(=O)NCc3cccn3C)c3cc(F)ccc32)cc(OC)c1O. The third-order valence-corrected chi connectivity index (χ3v) is 6.36. The number of aryl methyl sites for hydroxylation is 1. The molecule has 0 saturated heterocycles. The molecule has 0 fully saturated rings. The Bertz CT molecular complexity index is 1420. The van der Waals surface area contributed by atoms with Gasteiger partial charge in [0, 0.05) is 18.9 Å². The number of fused-ring (bicyclic) bond motifs is 1. The standard InChI is InChI=1S/C28H26FN3O4/c1-16-21(10-17-11-24(35-3)27(33)25(12-17)36-4)20-8-7-18(29)13-22(20)26(16)23(14-30)28(34)31-15-19-6-5-9-32(19)2/h5-13,23,33H,15H2,1-4H3,(H,31,34). The van der Waals surface area contributed by atoms with Crippen molar-refractivity contribution in [1.29, 1.82) is 5.26 Å². The molecule has 7 nitrogen and oxygen atoms in total. The van der Waals surface area contributed by atoms with Crippen molar-refractivity contribution in [3.63, 3.8) is 0 Å². The van der Waals surface area contributed by atoms with E-state index in [9.17, 15) is 19.6 Å². The Morgan fingerprint density at radius 2 is 1.89 bits per heavy atom. The maximum Gasteiger partial charge on any atom is 0.242 e. The van der Waals surface area contributed by atoms with Crippen molar-refractivity contribution in [2.75, 3.05) is 14.2 Å². The van der Waals surface area contributed by atoms with Crippen LogP contribution < -0.4 is 14.8 Å². The summed E-state index contributed by atoms with van der Waals surface area (Å²) in [5, 5.41) is 23.1. The van der Waals surface area contributed by atoms with Crippen LogP contribution in [0.3, 0.4) is 0 Å². The van der Waals surface area contributed by atoms with Crippen LogP contribution in [-0.4, -0.2) is 29.8 Å². The predicted octanol–water partition coefficient (Wildman–Crippen LogP) is 4.67. The number of nitriles is 1. The zero-order chi connectivity index (χ0) is 26.0. The molecule has 3 aromatic rings. The Labute approximate surface area is 208 Å². The number of phenols is 1. The van der Waals surface area contributed by atoms with Gasteiger partial charge in [-0.1, -0.05) is 6.07 Å². The van der Waals surface area contributed by atoms with Gasteiger partial charge in [-0.2, -0.15) is 5.26 Å². The molecule has 8 heteroatoms. The number of amides is 1. The van der Waals surface area contributed by atoms with E-state index in [4.69, 9.17) is 9.47 Å². The Morgan fingerprint density at radius 3 is 2.47 bits per heavy atom. The van der Waals surface area contributed by atoms with E-state index in [1.807, 2.05) is 42.9 Å². The van der Waals surface area contributed by atoms with Gasteiger partial charge in [0.05, 0.1) is 26.8 Å². The van der Waals surface area contributed by atoms with Crippen LogP contribution in [0.2, 0.25) is 0 Å². The average molecular weight is 488 g/mol. The van der Waals surface area contributed by atoms with Crippen LogP contribution in [-0.2, 0) is 18.4 Å². The number of aromatic hydroxyl groups is 1. The number of benzene rings is 2. The minimum atomic E-state index is -1.14. The molecule has 1 amide bonds. The molecule has 0 bridgehead atoms. The van der Waals surface area contributed by atoms with Crippen LogP contribution in [0, 0.1) is 23.1 Å². The highest BCUT2D eigenvalue weighted by molar-refractivity contribution is 6.10. The summed E-state index contributed by atoms with van der Waals surface area (Å²) in [6, 6.07) is 13.5. The molecule has 1 atom stereocenters. The summed E-state index contributed by atoms with van der Waals surface area (Å²) in [7, 11) is 4.75. The predicted molar refractivity (Wildman–Crippen MR) is 134 cm³/mol. The first kappa shape index (κ1) is 24.6. The Kier molecular flexibility index (Phi) is 6.84. The summed E-state index contributed by atoms with van der Waals surface area (Å²) in [5.74, 6) is -1.72. The summed E-state index contributed by atoms with van der Waals surface area (Å²) in [5.41, 5.74) is 4.61. The van der Waals surface area contributed by atoms with Gasteiger partial charge >= 0.3 is 0 Å². The van der Waals surface area contributed by atoms with Crippen LogP contribution in [0.4, 0.5) is 4.39 Å². The second-order valence-electron chi connectivity index (χ2n) is 8.45. The number of halogens is 1. The van der Waals surface area contributed by atoms with Crippen molar-refractivity contribution in [3.05, 3.63) is 82.4 Å². The lowest BCUT2D eigenvalue weighted by molar-refractivity contribution is -0.122. The van der Waals surface area contributed by atoms with Gasteiger partial charge in [-0.25, -0.2) is 4.39 Å². The van der Waals surface area contributed by atoms with Gasteiger partial charge in [0.2, 0.25) is 11.7 Å². The first-order valence-corrected chi connectivity index (χ1v) is 11.2. The fourth-order valence-electron chi connectivity index (χ4n) is 4.46. The molecule has 1 unspecified atom stereocenters. The van der Waals surface area contributed by atoms with Crippen molar-refractivity contribution >= 4 is 23.1 Å². The lowest BCUT2D eigenvalue weighted by Crippen LogP contribution is -2.31. The third-order valence-electron chi connectivity index (χ3n) is 6.36. The lowest BCUT2D eigenvalue weighted by atomic mass is 9.92. The maximum absolute atomic E-state index is 14.3.